The van der Waals surface area contributed by atoms with Crippen LogP contribution in [0.1, 0.15) is 55.4 Å². The van der Waals surface area contributed by atoms with Crippen LogP contribution in [0.25, 0.3) is 10.9 Å². The van der Waals surface area contributed by atoms with Gasteiger partial charge in [-0.2, -0.15) is 5.10 Å². The van der Waals surface area contributed by atoms with E-state index in [4.69, 9.17) is 4.74 Å². The molecular weight excluding hydrogens is 368 g/mol. The first kappa shape index (κ1) is 20.5. The second-order valence-electron chi connectivity index (χ2n) is 7.22. The van der Waals surface area contributed by atoms with Crippen molar-refractivity contribution in [3.8, 4) is 0 Å². The van der Waals surface area contributed by atoms with Crippen molar-refractivity contribution in [3.63, 3.8) is 0 Å². The third kappa shape index (κ3) is 4.13. The number of hydrogen-bond acceptors (Lipinski definition) is 5. The Kier molecular flexibility index (Phi) is 5.96. The summed E-state index contributed by atoms with van der Waals surface area (Å²) >= 11 is 0. The molecule has 0 saturated carbocycles. The lowest BCUT2D eigenvalue weighted by Gasteiger charge is -2.17. The third-order valence-electron chi connectivity index (χ3n) is 4.84. The normalized spacial score (nSPS) is 12.2. The zero-order valence-corrected chi connectivity index (χ0v) is 17.4. The van der Waals surface area contributed by atoms with Crippen LogP contribution >= 0.6 is 0 Å². The summed E-state index contributed by atoms with van der Waals surface area (Å²) in [5.41, 5.74) is 2.81. The van der Waals surface area contributed by atoms with Crippen LogP contribution in [0.3, 0.4) is 0 Å². The number of carbonyl (C=O) groups excluding carboxylic acids is 2. The van der Waals surface area contributed by atoms with E-state index in [0.717, 1.165) is 22.2 Å². The van der Waals surface area contributed by atoms with Gasteiger partial charge in [0.15, 0.2) is 6.10 Å². The van der Waals surface area contributed by atoms with Crippen LogP contribution in [0, 0.1) is 6.92 Å². The summed E-state index contributed by atoms with van der Waals surface area (Å²) in [6, 6.07) is 9.25. The van der Waals surface area contributed by atoms with E-state index in [0.29, 0.717) is 17.8 Å². The Morgan fingerprint density at radius 2 is 1.90 bits per heavy atom. The molecule has 0 aliphatic carbocycles. The SMILES string of the molecule is CCc1nc2ccccc2c(C(=O)O[C@H](C)C(=O)Nc2ccnn2C(C)C)c1C. The maximum absolute atomic E-state index is 13.0. The van der Waals surface area contributed by atoms with Gasteiger partial charge in [0.1, 0.15) is 5.82 Å². The fourth-order valence-corrected chi connectivity index (χ4v) is 3.29. The Labute approximate surface area is 170 Å². The van der Waals surface area contributed by atoms with Crippen molar-refractivity contribution in [1.29, 1.82) is 0 Å². The van der Waals surface area contributed by atoms with Crippen molar-refractivity contribution in [2.24, 2.45) is 0 Å². The number of nitrogens with one attached hydrogen (secondary N) is 1. The van der Waals surface area contributed by atoms with Crippen molar-refractivity contribution in [2.45, 2.75) is 53.2 Å². The number of carbonyl (C=O) groups is 2. The van der Waals surface area contributed by atoms with Crippen molar-refractivity contribution in [3.05, 3.63) is 53.3 Å². The molecule has 7 nitrogen and oxygen atoms in total. The summed E-state index contributed by atoms with van der Waals surface area (Å²) < 4.78 is 7.22. The predicted octanol–water partition coefficient (Wildman–Crippen LogP) is 4.07. The van der Waals surface area contributed by atoms with Gasteiger partial charge in [-0.15, -0.1) is 0 Å². The van der Waals surface area contributed by atoms with Crippen LogP contribution < -0.4 is 5.32 Å². The first-order valence-electron chi connectivity index (χ1n) is 9.77. The van der Waals surface area contributed by atoms with Gasteiger partial charge in [-0.05, 0) is 45.7 Å². The molecule has 1 aromatic carbocycles. The molecule has 0 unspecified atom stereocenters. The molecule has 3 rings (SSSR count). The van der Waals surface area contributed by atoms with Gasteiger partial charge in [0.2, 0.25) is 0 Å². The number of nitrogens with zero attached hydrogens (tertiary/aromatic N) is 3. The monoisotopic (exact) mass is 394 g/mol. The van der Waals surface area contributed by atoms with Gasteiger partial charge in [0, 0.05) is 23.2 Å². The number of benzene rings is 1. The number of hydrogen-bond donors (Lipinski definition) is 1. The molecule has 2 heterocycles. The molecule has 0 radical (unpaired) electrons. The molecule has 0 fully saturated rings. The first-order valence-corrected chi connectivity index (χ1v) is 9.77. The van der Waals surface area contributed by atoms with Crippen molar-refractivity contribution in [2.75, 3.05) is 5.32 Å². The van der Waals surface area contributed by atoms with E-state index in [-0.39, 0.29) is 6.04 Å². The van der Waals surface area contributed by atoms with E-state index in [1.54, 1.807) is 23.9 Å². The predicted molar refractivity (Wildman–Crippen MR) is 112 cm³/mol. The molecule has 0 saturated heterocycles. The number of anilines is 1. The van der Waals surface area contributed by atoms with E-state index >= 15 is 0 Å². The number of esters is 1. The topological polar surface area (TPSA) is 86.1 Å². The average molecular weight is 394 g/mol. The Hall–Kier alpha value is -3.22. The quantitative estimate of drug-likeness (QED) is 0.637. The summed E-state index contributed by atoms with van der Waals surface area (Å²) in [4.78, 5) is 30.2. The summed E-state index contributed by atoms with van der Waals surface area (Å²) in [6.45, 7) is 9.35. The van der Waals surface area contributed by atoms with Crippen LogP contribution in [0.2, 0.25) is 0 Å². The number of aryl methyl sites for hydroxylation is 1. The molecule has 1 atom stereocenters. The molecule has 7 heteroatoms. The number of rotatable bonds is 6. The zero-order chi connectivity index (χ0) is 21.1. The standard InChI is InChI=1S/C22H26N4O3/c1-6-17-14(4)20(16-9-7-8-10-18(16)24-17)22(28)29-15(5)21(27)25-19-11-12-23-26(19)13(2)3/h7-13,15H,6H2,1-5H3,(H,25,27)/t15-/m1/s1. The second kappa shape index (κ2) is 8.43. The van der Waals surface area contributed by atoms with Crippen molar-refractivity contribution in [1.82, 2.24) is 14.8 Å². The molecule has 0 spiro atoms. The highest BCUT2D eigenvalue weighted by atomic mass is 16.5. The first-order chi connectivity index (χ1) is 13.8. The number of pyridine rings is 1. The van der Waals surface area contributed by atoms with Gasteiger partial charge in [0.05, 0.1) is 17.3 Å². The van der Waals surface area contributed by atoms with Crippen molar-refractivity contribution < 1.29 is 14.3 Å². The highest BCUT2D eigenvalue weighted by Crippen LogP contribution is 2.25. The van der Waals surface area contributed by atoms with Crippen molar-refractivity contribution >= 4 is 28.6 Å². The maximum Gasteiger partial charge on any atom is 0.339 e. The molecule has 0 bridgehead atoms. The van der Waals surface area contributed by atoms with E-state index in [1.165, 1.54) is 0 Å². The molecule has 152 valence electrons. The minimum Gasteiger partial charge on any atom is -0.449 e. The van der Waals surface area contributed by atoms with Crippen LogP contribution in [-0.2, 0) is 16.0 Å². The molecule has 3 aromatic rings. The Morgan fingerprint density at radius 1 is 1.17 bits per heavy atom. The molecule has 1 N–H and O–H groups in total. The number of aromatic nitrogens is 3. The molecule has 2 aromatic heterocycles. The number of fused-ring (bicyclic) bond motifs is 1. The fraction of sp³-hybridized carbons (Fsp3) is 0.364. The van der Waals surface area contributed by atoms with Crippen LogP contribution in [-0.4, -0.2) is 32.7 Å². The Balaban J connectivity index is 1.83. The van der Waals surface area contributed by atoms with E-state index < -0.39 is 18.0 Å². The fourth-order valence-electron chi connectivity index (χ4n) is 3.29. The lowest BCUT2D eigenvalue weighted by molar-refractivity contribution is -0.123. The van der Waals surface area contributed by atoms with Gasteiger partial charge in [0.25, 0.3) is 5.91 Å². The van der Waals surface area contributed by atoms with Gasteiger partial charge >= 0.3 is 5.97 Å². The smallest absolute Gasteiger partial charge is 0.339 e. The van der Waals surface area contributed by atoms with Gasteiger partial charge in [-0.1, -0.05) is 25.1 Å². The summed E-state index contributed by atoms with van der Waals surface area (Å²) in [7, 11) is 0. The molecular formula is C22H26N4O3. The Morgan fingerprint density at radius 3 is 2.59 bits per heavy atom. The van der Waals surface area contributed by atoms with E-state index in [1.807, 2.05) is 52.0 Å². The molecule has 29 heavy (non-hydrogen) atoms. The molecule has 0 aliphatic heterocycles. The van der Waals surface area contributed by atoms with Gasteiger partial charge in [-0.25, -0.2) is 9.48 Å². The van der Waals surface area contributed by atoms with Gasteiger partial charge in [-0.3, -0.25) is 9.78 Å². The highest BCUT2D eigenvalue weighted by Gasteiger charge is 2.24. The lowest BCUT2D eigenvalue weighted by Crippen LogP contribution is -2.31. The highest BCUT2D eigenvalue weighted by molar-refractivity contribution is 6.06. The van der Waals surface area contributed by atoms with Crippen LogP contribution in [0.15, 0.2) is 36.5 Å². The minimum atomic E-state index is -0.964. The van der Waals surface area contributed by atoms with Crippen LogP contribution in [0.5, 0.6) is 0 Å². The van der Waals surface area contributed by atoms with Gasteiger partial charge < -0.3 is 10.1 Å². The number of amides is 1. The number of para-hydroxylation sites is 1. The zero-order valence-electron chi connectivity index (χ0n) is 17.4. The minimum absolute atomic E-state index is 0.0939. The van der Waals surface area contributed by atoms with Crippen LogP contribution in [0.4, 0.5) is 5.82 Å². The Bertz CT molecular complexity index is 1060. The average Bonchev–Trinajstić information content (AvgIpc) is 3.15. The van der Waals surface area contributed by atoms with E-state index in [2.05, 4.69) is 15.4 Å². The third-order valence-corrected chi connectivity index (χ3v) is 4.84. The lowest BCUT2D eigenvalue weighted by atomic mass is 10.0. The largest absolute Gasteiger partial charge is 0.449 e. The molecule has 0 aliphatic rings. The summed E-state index contributed by atoms with van der Waals surface area (Å²) in [6.07, 6.45) is 1.35. The number of ether oxygens (including phenoxy) is 1. The maximum atomic E-state index is 13.0. The second-order valence-corrected chi connectivity index (χ2v) is 7.22. The van der Waals surface area contributed by atoms with E-state index in [9.17, 15) is 9.59 Å². The summed E-state index contributed by atoms with van der Waals surface area (Å²) in [5, 5.41) is 7.68. The summed E-state index contributed by atoms with van der Waals surface area (Å²) in [5.74, 6) is -0.380. The molecule has 1 amide bonds.